The number of hydrogen-bond donors (Lipinski definition) is 1. The van der Waals surface area contributed by atoms with E-state index in [0.717, 1.165) is 35.1 Å². The average Bonchev–Trinajstić information content (AvgIpc) is 2.46. The summed E-state index contributed by atoms with van der Waals surface area (Å²) >= 11 is 1.65. The van der Waals surface area contributed by atoms with Gasteiger partial charge in [-0.05, 0) is 18.4 Å². The highest BCUT2D eigenvalue weighted by Crippen LogP contribution is 2.37. The van der Waals surface area contributed by atoms with E-state index in [0.29, 0.717) is 6.61 Å². The summed E-state index contributed by atoms with van der Waals surface area (Å²) in [7, 11) is 3.38. The van der Waals surface area contributed by atoms with Crippen molar-refractivity contribution in [3.63, 3.8) is 0 Å². The molecule has 1 atom stereocenters. The summed E-state index contributed by atoms with van der Waals surface area (Å²) in [4.78, 5) is 1.08. The van der Waals surface area contributed by atoms with Crippen molar-refractivity contribution in [3.8, 4) is 11.5 Å². The molecule has 1 aliphatic rings. The molecule has 1 aromatic rings. The first kappa shape index (κ1) is 13.5. The molecule has 5 heteroatoms. The molecule has 1 aliphatic heterocycles. The van der Waals surface area contributed by atoms with E-state index >= 15 is 0 Å². The van der Waals surface area contributed by atoms with Gasteiger partial charge in [-0.15, -0.1) is 11.8 Å². The highest BCUT2D eigenvalue weighted by Gasteiger charge is 2.21. The van der Waals surface area contributed by atoms with E-state index in [2.05, 4.69) is 5.32 Å². The molecule has 1 N–H and O–H groups in total. The molecule has 0 radical (unpaired) electrons. The minimum absolute atomic E-state index is 0.165. The Hall–Kier alpha value is -0.910. The zero-order valence-corrected chi connectivity index (χ0v) is 11.8. The van der Waals surface area contributed by atoms with Crippen LogP contribution >= 0.6 is 11.8 Å². The Bertz CT molecular complexity index is 405. The predicted molar refractivity (Wildman–Crippen MR) is 72.9 cm³/mol. The van der Waals surface area contributed by atoms with E-state index in [4.69, 9.17) is 14.2 Å². The van der Waals surface area contributed by atoms with Crippen LogP contribution in [0.2, 0.25) is 0 Å². The van der Waals surface area contributed by atoms with Crippen molar-refractivity contribution in [1.82, 2.24) is 5.32 Å². The van der Waals surface area contributed by atoms with Gasteiger partial charge in [0.05, 0.1) is 38.4 Å². The second-order valence-corrected chi connectivity index (χ2v) is 4.88. The fraction of sp³-hybridized carbons (Fsp3) is 0.538. The molecule has 1 saturated heterocycles. The van der Waals surface area contributed by atoms with E-state index in [1.54, 1.807) is 26.0 Å². The van der Waals surface area contributed by atoms with Gasteiger partial charge in [0.2, 0.25) is 0 Å². The van der Waals surface area contributed by atoms with Crippen molar-refractivity contribution in [1.29, 1.82) is 0 Å². The molecule has 0 aromatic heterocycles. The molecule has 18 heavy (non-hydrogen) atoms. The molecule has 0 aliphatic carbocycles. The Kier molecular flexibility index (Phi) is 4.74. The van der Waals surface area contributed by atoms with E-state index in [1.165, 1.54) is 0 Å². The Morgan fingerprint density at radius 3 is 2.61 bits per heavy atom. The van der Waals surface area contributed by atoms with Gasteiger partial charge in [-0.3, -0.25) is 0 Å². The number of nitrogens with one attached hydrogen (secondary N) is 1. The van der Waals surface area contributed by atoms with E-state index in [9.17, 15) is 0 Å². The number of ether oxygens (including phenoxy) is 3. The van der Waals surface area contributed by atoms with Gasteiger partial charge in [0.1, 0.15) is 11.5 Å². The average molecular weight is 269 g/mol. The molecule has 2 rings (SSSR count). The summed E-state index contributed by atoms with van der Waals surface area (Å²) in [6.45, 7) is 2.29. The van der Waals surface area contributed by atoms with Crippen LogP contribution in [-0.2, 0) is 4.74 Å². The van der Waals surface area contributed by atoms with Crippen molar-refractivity contribution < 1.29 is 14.2 Å². The first-order valence-electron chi connectivity index (χ1n) is 5.91. The van der Waals surface area contributed by atoms with Crippen molar-refractivity contribution in [2.75, 3.05) is 40.2 Å². The summed E-state index contributed by atoms with van der Waals surface area (Å²) in [5, 5.41) is 3.43. The number of benzene rings is 1. The number of methoxy groups -OCH3 is 2. The van der Waals surface area contributed by atoms with Crippen LogP contribution < -0.4 is 14.8 Å². The van der Waals surface area contributed by atoms with E-state index < -0.39 is 0 Å². The maximum absolute atomic E-state index is 5.50. The first-order valence-corrected chi connectivity index (χ1v) is 7.13. The monoisotopic (exact) mass is 269 g/mol. The second-order valence-electron chi connectivity index (χ2n) is 4.03. The molecule has 0 spiro atoms. The minimum Gasteiger partial charge on any atom is -0.496 e. The van der Waals surface area contributed by atoms with Gasteiger partial charge in [0.25, 0.3) is 0 Å². The van der Waals surface area contributed by atoms with Crippen LogP contribution in [0.5, 0.6) is 11.5 Å². The third kappa shape index (κ3) is 2.74. The van der Waals surface area contributed by atoms with Crippen LogP contribution in [0.1, 0.15) is 11.6 Å². The zero-order valence-electron chi connectivity index (χ0n) is 11.0. The van der Waals surface area contributed by atoms with Crippen molar-refractivity contribution in [3.05, 3.63) is 17.7 Å². The second kappa shape index (κ2) is 6.31. The Morgan fingerprint density at radius 1 is 1.28 bits per heavy atom. The lowest BCUT2D eigenvalue weighted by Gasteiger charge is -2.26. The fourth-order valence-electron chi connectivity index (χ4n) is 2.09. The third-order valence-corrected chi connectivity index (χ3v) is 3.79. The van der Waals surface area contributed by atoms with Crippen LogP contribution in [0.4, 0.5) is 0 Å². The predicted octanol–water partition coefficient (Wildman–Crippen LogP) is 2.09. The van der Waals surface area contributed by atoms with Gasteiger partial charge >= 0.3 is 0 Å². The summed E-state index contributed by atoms with van der Waals surface area (Å²) in [6, 6.07) is 4.23. The lowest BCUT2D eigenvalue weighted by molar-refractivity contribution is 0.0759. The summed E-state index contributed by atoms with van der Waals surface area (Å²) < 4.78 is 16.4. The zero-order chi connectivity index (χ0) is 13.0. The molecule has 4 nitrogen and oxygen atoms in total. The van der Waals surface area contributed by atoms with Gasteiger partial charge in [-0.25, -0.2) is 0 Å². The summed E-state index contributed by atoms with van der Waals surface area (Å²) in [5.74, 6) is 1.76. The lowest BCUT2D eigenvalue weighted by atomic mass is 10.0. The van der Waals surface area contributed by atoms with Crippen LogP contribution in [0.3, 0.4) is 0 Å². The van der Waals surface area contributed by atoms with Crippen LogP contribution in [-0.4, -0.2) is 40.2 Å². The van der Waals surface area contributed by atoms with Crippen molar-refractivity contribution in [2.45, 2.75) is 10.9 Å². The topological polar surface area (TPSA) is 39.7 Å². The van der Waals surface area contributed by atoms with Crippen LogP contribution in [0.25, 0.3) is 0 Å². The quantitative estimate of drug-likeness (QED) is 0.847. The minimum atomic E-state index is 0.165. The molecule has 100 valence electrons. The molecular weight excluding hydrogens is 250 g/mol. The van der Waals surface area contributed by atoms with Gasteiger partial charge < -0.3 is 19.5 Å². The smallest absolute Gasteiger partial charge is 0.133 e. The molecule has 0 amide bonds. The third-order valence-electron chi connectivity index (χ3n) is 3.03. The maximum Gasteiger partial charge on any atom is 0.133 e. The first-order chi connectivity index (χ1) is 8.80. The Morgan fingerprint density at radius 2 is 2.06 bits per heavy atom. The molecule has 1 heterocycles. The molecule has 1 unspecified atom stereocenters. The van der Waals surface area contributed by atoms with Gasteiger partial charge in [-0.1, -0.05) is 0 Å². The van der Waals surface area contributed by atoms with Gasteiger partial charge in [0, 0.05) is 12.1 Å². The number of thioether (sulfide) groups is 1. The summed E-state index contributed by atoms with van der Waals surface area (Å²) in [5.41, 5.74) is 1.09. The van der Waals surface area contributed by atoms with E-state index in [1.807, 2.05) is 18.4 Å². The van der Waals surface area contributed by atoms with Crippen LogP contribution in [0.15, 0.2) is 17.0 Å². The largest absolute Gasteiger partial charge is 0.496 e. The highest BCUT2D eigenvalue weighted by atomic mass is 32.2. The Balaban J connectivity index is 2.37. The normalized spacial score (nSPS) is 19.6. The molecule has 1 aromatic carbocycles. The fourth-order valence-corrected chi connectivity index (χ4v) is 2.66. The summed E-state index contributed by atoms with van der Waals surface area (Å²) in [6.07, 6.45) is 2.03. The van der Waals surface area contributed by atoms with Gasteiger partial charge in [0.15, 0.2) is 0 Å². The SMILES string of the molecule is COc1cc(C2COCCN2)c(OC)cc1SC. The molecule has 0 saturated carbocycles. The standard InChI is InChI=1S/C13H19NO3S/c1-15-11-7-13(18-3)12(16-2)6-9(11)10-8-17-5-4-14-10/h6-7,10,14H,4-5,8H2,1-3H3. The van der Waals surface area contributed by atoms with E-state index in [-0.39, 0.29) is 6.04 Å². The lowest BCUT2D eigenvalue weighted by Crippen LogP contribution is -2.34. The maximum atomic E-state index is 5.50. The highest BCUT2D eigenvalue weighted by molar-refractivity contribution is 7.98. The van der Waals surface area contributed by atoms with Crippen molar-refractivity contribution in [2.24, 2.45) is 0 Å². The molecular formula is C13H19NO3S. The molecule has 1 fully saturated rings. The van der Waals surface area contributed by atoms with Crippen LogP contribution in [0, 0.1) is 0 Å². The van der Waals surface area contributed by atoms with Crippen molar-refractivity contribution >= 4 is 11.8 Å². The molecule has 0 bridgehead atoms. The number of hydrogen-bond acceptors (Lipinski definition) is 5. The Labute approximate surface area is 112 Å². The van der Waals surface area contributed by atoms with Gasteiger partial charge in [-0.2, -0.15) is 0 Å². The number of morpholine rings is 1. The number of rotatable bonds is 4.